The van der Waals surface area contributed by atoms with E-state index in [1.807, 2.05) is 45.0 Å². The van der Waals surface area contributed by atoms with Gasteiger partial charge in [0.25, 0.3) is 11.6 Å². The second kappa shape index (κ2) is 7.99. The highest BCUT2D eigenvalue weighted by molar-refractivity contribution is 5.95. The van der Waals surface area contributed by atoms with Crippen LogP contribution in [0.15, 0.2) is 53.1 Å². The van der Waals surface area contributed by atoms with Gasteiger partial charge in [0.1, 0.15) is 6.54 Å². The van der Waals surface area contributed by atoms with Crippen LogP contribution in [0.25, 0.3) is 11.4 Å². The number of nitro benzene ring substituents is 1. The van der Waals surface area contributed by atoms with E-state index in [4.69, 9.17) is 4.52 Å². The third-order valence-electron chi connectivity index (χ3n) is 4.27. The van der Waals surface area contributed by atoms with Crippen LogP contribution in [0.5, 0.6) is 0 Å². The molecule has 3 rings (SSSR count). The topological polar surface area (TPSA) is 102 Å². The molecule has 0 unspecified atom stereocenters. The molecule has 0 aliphatic rings. The number of nitro groups is 1. The van der Waals surface area contributed by atoms with Crippen molar-refractivity contribution in [3.63, 3.8) is 0 Å². The number of rotatable bonds is 6. The van der Waals surface area contributed by atoms with Gasteiger partial charge in [-0.15, -0.1) is 0 Å². The Labute approximate surface area is 161 Å². The van der Waals surface area contributed by atoms with E-state index >= 15 is 0 Å². The van der Waals surface area contributed by atoms with Crippen LogP contribution in [0.1, 0.15) is 35.7 Å². The van der Waals surface area contributed by atoms with Crippen molar-refractivity contribution in [3.8, 4) is 11.4 Å². The number of benzene rings is 2. The van der Waals surface area contributed by atoms with Gasteiger partial charge >= 0.3 is 0 Å². The lowest BCUT2D eigenvalue weighted by Crippen LogP contribution is -2.36. The fourth-order valence-electron chi connectivity index (χ4n) is 2.69. The van der Waals surface area contributed by atoms with Gasteiger partial charge in [0, 0.05) is 29.3 Å². The van der Waals surface area contributed by atoms with Crippen molar-refractivity contribution in [2.45, 2.75) is 33.4 Å². The summed E-state index contributed by atoms with van der Waals surface area (Å²) in [5.74, 6) is 0.401. The van der Waals surface area contributed by atoms with E-state index < -0.39 is 4.92 Å². The van der Waals surface area contributed by atoms with Crippen molar-refractivity contribution in [1.82, 2.24) is 15.0 Å². The fourth-order valence-corrected chi connectivity index (χ4v) is 2.69. The van der Waals surface area contributed by atoms with Crippen molar-refractivity contribution in [1.29, 1.82) is 0 Å². The zero-order chi connectivity index (χ0) is 20.3. The van der Waals surface area contributed by atoms with E-state index in [9.17, 15) is 14.9 Å². The van der Waals surface area contributed by atoms with Gasteiger partial charge in [0.15, 0.2) is 0 Å². The first kappa shape index (κ1) is 19.2. The Balaban J connectivity index is 1.82. The van der Waals surface area contributed by atoms with Crippen LogP contribution in [0, 0.1) is 17.0 Å². The van der Waals surface area contributed by atoms with Gasteiger partial charge in [-0.1, -0.05) is 41.1 Å². The summed E-state index contributed by atoms with van der Waals surface area (Å²) in [7, 11) is 0. The summed E-state index contributed by atoms with van der Waals surface area (Å²) >= 11 is 0. The molecule has 0 aliphatic heterocycles. The Morgan fingerprint density at radius 3 is 2.57 bits per heavy atom. The van der Waals surface area contributed by atoms with Crippen molar-refractivity contribution in [2.75, 3.05) is 0 Å². The van der Waals surface area contributed by atoms with E-state index in [-0.39, 0.29) is 29.7 Å². The number of hydrogen-bond acceptors (Lipinski definition) is 6. The number of amides is 1. The third-order valence-corrected chi connectivity index (χ3v) is 4.27. The zero-order valence-corrected chi connectivity index (χ0v) is 15.8. The second-order valence-corrected chi connectivity index (χ2v) is 6.71. The molecule has 144 valence electrons. The van der Waals surface area contributed by atoms with Crippen molar-refractivity contribution in [2.24, 2.45) is 0 Å². The van der Waals surface area contributed by atoms with E-state index in [1.165, 1.54) is 23.1 Å². The molecule has 8 nitrogen and oxygen atoms in total. The predicted octanol–water partition coefficient (Wildman–Crippen LogP) is 4.00. The highest BCUT2D eigenvalue weighted by Gasteiger charge is 2.23. The Morgan fingerprint density at radius 1 is 1.21 bits per heavy atom. The lowest BCUT2D eigenvalue weighted by Gasteiger charge is -2.25. The lowest BCUT2D eigenvalue weighted by atomic mass is 10.1. The average Bonchev–Trinajstić information content (AvgIpc) is 3.14. The minimum atomic E-state index is -0.525. The molecular weight excluding hydrogens is 360 g/mol. The third kappa shape index (κ3) is 4.22. The van der Waals surface area contributed by atoms with Gasteiger partial charge < -0.3 is 9.42 Å². The summed E-state index contributed by atoms with van der Waals surface area (Å²) in [6.45, 7) is 5.81. The average molecular weight is 380 g/mol. The van der Waals surface area contributed by atoms with Gasteiger partial charge in [0.2, 0.25) is 11.7 Å². The van der Waals surface area contributed by atoms with Crippen LogP contribution >= 0.6 is 0 Å². The highest BCUT2D eigenvalue weighted by Crippen LogP contribution is 2.20. The Kier molecular flexibility index (Phi) is 5.49. The van der Waals surface area contributed by atoms with Gasteiger partial charge in [-0.2, -0.15) is 4.98 Å². The Morgan fingerprint density at radius 2 is 1.93 bits per heavy atom. The molecule has 0 aliphatic carbocycles. The molecule has 0 N–H and O–H groups in total. The molecule has 0 saturated carbocycles. The Hall–Kier alpha value is -3.55. The van der Waals surface area contributed by atoms with Crippen molar-refractivity contribution in [3.05, 3.63) is 75.7 Å². The predicted molar refractivity (Wildman–Crippen MR) is 103 cm³/mol. The maximum Gasteiger partial charge on any atom is 0.270 e. The number of aryl methyl sites for hydroxylation is 1. The first-order valence-corrected chi connectivity index (χ1v) is 8.80. The normalized spacial score (nSPS) is 10.9. The molecule has 0 saturated heterocycles. The number of nitrogens with zero attached hydrogens (tertiary/aromatic N) is 4. The van der Waals surface area contributed by atoms with Crippen LogP contribution in [-0.4, -0.2) is 31.9 Å². The molecule has 28 heavy (non-hydrogen) atoms. The maximum absolute atomic E-state index is 12.9. The summed E-state index contributed by atoms with van der Waals surface area (Å²) in [4.78, 5) is 29.3. The molecule has 8 heteroatoms. The smallest absolute Gasteiger partial charge is 0.270 e. The molecule has 1 amide bonds. The number of hydrogen-bond donors (Lipinski definition) is 0. The van der Waals surface area contributed by atoms with E-state index in [2.05, 4.69) is 10.1 Å². The van der Waals surface area contributed by atoms with Crippen molar-refractivity contribution >= 4 is 11.6 Å². The molecule has 2 aromatic carbocycles. The maximum atomic E-state index is 12.9. The standard InChI is InChI=1S/C20H20N4O4/c1-13(2)23(20(25)16-5-4-6-17(11-16)24(26)27)12-18-21-19(22-28-18)15-9-7-14(3)8-10-15/h4-11,13H,12H2,1-3H3. The quantitative estimate of drug-likeness (QED) is 0.473. The SMILES string of the molecule is Cc1ccc(-c2noc(CN(C(=O)c3cccc([N+](=O)[O-])c3)C(C)C)n2)cc1. The minimum Gasteiger partial charge on any atom is -0.337 e. The van der Waals surface area contributed by atoms with Crippen LogP contribution < -0.4 is 0 Å². The molecule has 1 heterocycles. The van der Waals surface area contributed by atoms with Crippen LogP contribution in [-0.2, 0) is 6.54 Å². The monoisotopic (exact) mass is 380 g/mol. The summed E-state index contributed by atoms with van der Waals surface area (Å²) in [5, 5.41) is 15.0. The van der Waals surface area contributed by atoms with Crippen molar-refractivity contribution < 1.29 is 14.2 Å². The molecular formula is C20H20N4O4. The molecule has 0 fully saturated rings. The van der Waals surface area contributed by atoms with Gasteiger partial charge in [-0.25, -0.2) is 0 Å². The minimum absolute atomic E-state index is 0.109. The largest absolute Gasteiger partial charge is 0.337 e. The van der Waals surface area contributed by atoms with Crippen LogP contribution in [0.3, 0.4) is 0 Å². The molecule has 1 aromatic heterocycles. The number of carbonyl (C=O) groups excluding carboxylic acids is 1. The summed E-state index contributed by atoms with van der Waals surface area (Å²) in [6, 6.07) is 13.2. The van der Waals surface area contributed by atoms with Crippen LogP contribution in [0.4, 0.5) is 5.69 Å². The Bertz CT molecular complexity index is 995. The van der Waals surface area contributed by atoms with E-state index in [0.717, 1.165) is 11.1 Å². The first-order chi connectivity index (χ1) is 13.3. The molecule has 0 spiro atoms. The summed E-state index contributed by atoms with van der Waals surface area (Å²) in [5.41, 5.74) is 2.05. The molecule has 0 bridgehead atoms. The van der Waals surface area contributed by atoms with Gasteiger partial charge in [0.05, 0.1) is 4.92 Å². The summed E-state index contributed by atoms with van der Waals surface area (Å²) < 4.78 is 5.31. The van der Waals surface area contributed by atoms with Gasteiger partial charge in [-0.05, 0) is 26.8 Å². The molecule has 0 radical (unpaired) electrons. The van der Waals surface area contributed by atoms with E-state index in [0.29, 0.717) is 11.7 Å². The number of non-ortho nitro benzene ring substituents is 1. The van der Waals surface area contributed by atoms with Crippen LogP contribution in [0.2, 0.25) is 0 Å². The second-order valence-electron chi connectivity index (χ2n) is 6.71. The number of carbonyl (C=O) groups is 1. The zero-order valence-electron chi connectivity index (χ0n) is 15.8. The lowest BCUT2D eigenvalue weighted by molar-refractivity contribution is -0.384. The molecule has 0 atom stereocenters. The fraction of sp³-hybridized carbons (Fsp3) is 0.250. The number of aromatic nitrogens is 2. The highest BCUT2D eigenvalue weighted by atomic mass is 16.6. The molecule has 3 aromatic rings. The first-order valence-electron chi connectivity index (χ1n) is 8.80. The summed E-state index contributed by atoms with van der Waals surface area (Å²) in [6.07, 6.45) is 0. The van der Waals surface area contributed by atoms with Gasteiger partial charge in [-0.3, -0.25) is 14.9 Å². The van der Waals surface area contributed by atoms with E-state index in [1.54, 1.807) is 6.07 Å².